The summed E-state index contributed by atoms with van der Waals surface area (Å²) in [5.74, 6) is 1.40. The fourth-order valence-corrected chi connectivity index (χ4v) is 5.85. The molecule has 6 heteroatoms. The molecule has 0 bridgehead atoms. The maximum Gasteiger partial charge on any atom is 0.122 e. The SMILES string of the molecule is CNC1CCN[C@H](C2CCOc3ccccc32)[C@H]1OCc1cc(Br)cc(Br)c1. The monoisotopic (exact) mass is 508 g/mol. The molecule has 2 aromatic carbocycles. The number of ether oxygens (including phenoxy) is 2. The lowest BCUT2D eigenvalue weighted by molar-refractivity contribution is -0.0317. The van der Waals surface area contributed by atoms with E-state index >= 15 is 0 Å². The highest BCUT2D eigenvalue weighted by molar-refractivity contribution is 9.11. The van der Waals surface area contributed by atoms with Gasteiger partial charge in [0.05, 0.1) is 19.3 Å². The minimum Gasteiger partial charge on any atom is -0.493 e. The number of likely N-dealkylation sites (N-methyl/N-ethyl adjacent to an activating group) is 1. The molecule has 2 aliphatic rings. The van der Waals surface area contributed by atoms with E-state index in [4.69, 9.17) is 9.47 Å². The van der Waals surface area contributed by atoms with Gasteiger partial charge in [0.15, 0.2) is 0 Å². The van der Waals surface area contributed by atoms with Gasteiger partial charge >= 0.3 is 0 Å². The van der Waals surface area contributed by atoms with Crippen molar-refractivity contribution >= 4 is 31.9 Å². The molecule has 0 amide bonds. The predicted molar refractivity (Wildman–Crippen MR) is 119 cm³/mol. The quantitative estimate of drug-likeness (QED) is 0.617. The lowest BCUT2D eigenvalue weighted by Gasteiger charge is -2.44. The van der Waals surface area contributed by atoms with E-state index in [0.717, 1.165) is 46.3 Å². The van der Waals surface area contributed by atoms with E-state index in [2.05, 4.69) is 72.8 Å². The van der Waals surface area contributed by atoms with Crippen molar-refractivity contribution in [3.05, 3.63) is 62.5 Å². The average Bonchev–Trinajstić information content (AvgIpc) is 2.71. The Kier molecular flexibility index (Phi) is 6.74. The normalized spacial score (nSPS) is 27.1. The van der Waals surface area contributed by atoms with Crippen LogP contribution in [0.3, 0.4) is 0 Å². The first-order chi connectivity index (χ1) is 13.7. The highest BCUT2D eigenvalue weighted by Crippen LogP contribution is 2.38. The minimum absolute atomic E-state index is 0.0904. The first-order valence-electron chi connectivity index (χ1n) is 9.84. The topological polar surface area (TPSA) is 42.5 Å². The Bertz CT molecular complexity index is 797. The molecule has 2 aromatic rings. The van der Waals surface area contributed by atoms with E-state index in [0.29, 0.717) is 18.6 Å². The van der Waals surface area contributed by atoms with Crippen molar-refractivity contribution in [2.75, 3.05) is 20.2 Å². The van der Waals surface area contributed by atoms with Gasteiger partial charge in [-0.2, -0.15) is 0 Å². The van der Waals surface area contributed by atoms with Crippen LogP contribution < -0.4 is 15.4 Å². The fourth-order valence-electron chi connectivity index (χ4n) is 4.47. The standard InChI is InChI=1S/C22H26Br2N2O2/c1-25-19-6-8-26-21(18-7-9-27-20-5-3-2-4-17(18)20)22(19)28-13-14-10-15(23)12-16(24)11-14/h2-5,10-12,18-19,21-22,25-26H,6-9,13H2,1H3/t18?,19?,21-,22+/m1/s1. The number of hydrogen-bond acceptors (Lipinski definition) is 4. The van der Waals surface area contributed by atoms with E-state index in [1.54, 1.807) is 0 Å². The number of nitrogens with one attached hydrogen (secondary N) is 2. The van der Waals surface area contributed by atoms with Crippen LogP contribution in [0.15, 0.2) is 51.4 Å². The molecule has 2 aliphatic heterocycles. The first-order valence-corrected chi connectivity index (χ1v) is 11.4. The van der Waals surface area contributed by atoms with E-state index < -0.39 is 0 Å². The molecule has 150 valence electrons. The van der Waals surface area contributed by atoms with Gasteiger partial charge in [-0.1, -0.05) is 50.1 Å². The Balaban J connectivity index is 1.57. The number of para-hydroxylation sites is 1. The second-order valence-electron chi connectivity index (χ2n) is 7.50. The van der Waals surface area contributed by atoms with E-state index in [-0.39, 0.29) is 12.1 Å². The summed E-state index contributed by atoms with van der Waals surface area (Å²) in [6.07, 6.45) is 2.16. The molecule has 0 spiro atoms. The average molecular weight is 510 g/mol. The zero-order valence-electron chi connectivity index (χ0n) is 16.0. The number of halogens is 2. The second kappa shape index (κ2) is 9.26. The van der Waals surface area contributed by atoms with Gasteiger partial charge in [-0.3, -0.25) is 0 Å². The molecule has 0 saturated carbocycles. The Morgan fingerprint density at radius 3 is 2.71 bits per heavy atom. The smallest absolute Gasteiger partial charge is 0.122 e. The molecule has 0 radical (unpaired) electrons. The van der Waals surface area contributed by atoms with Crippen molar-refractivity contribution in [1.29, 1.82) is 0 Å². The summed E-state index contributed by atoms with van der Waals surface area (Å²) in [4.78, 5) is 0. The number of fused-ring (bicyclic) bond motifs is 1. The van der Waals surface area contributed by atoms with E-state index in [1.807, 2.05) is 19.2 Å². The summed E-state index contributed by atoms with van der Waals surface area (Å²) in [7, 11) is 2.04. The van der Waals surface area contributed by atoms with Crippen LogP contribution in [-0.2, 0) is 11.3 Å². The van der Waals surface area contributed by atoms with Gasteiger partial charge < -0.3 is 20.1 Å². The largest absolute Gasteiger partial charge is 0.493 e. The molecule has 2 heterocycles. The third-order valence-corrected chi connectivity index (χ3v) is 6.68. The maximum absolute atomic E-state index is 6.56. The molecule has 4 nitrogen and oxygen atoms in total. The number of rotatable bonds is 5. The van der Waals surface area contributed by atoms with Crippen LogP contribution in [0.5, 0.6) is 5.75 Å². The van der Waals surface area contributed by atoms with Crippen LogP contribution in [0.1, 0.15) is 29.9 Å². The summed E-state index contributed by atoms with van der Waals surface area (Å²) in [5.41, 5.74) is 2.45. The second-order valence-corrected chi connectivity index (χ2v) is 9.33. The van der Waals surface area contributed by atoms with Crippen molar-refractivity contribution in [2.24, 2.45) is 0 Å². The summed E-state index contributed by atoms with van der Waals surface area (Å²) >= 11 is 7.15. The highest BCUT2D eigenvalue weighted by atomic mass is 79.9. The summed E-state index contributed by atoms with van der Waals surface area (Å²) in [6.45, 7) is 2.34. The van der Waals surface area contributed by atoms with Crippen LogP contribution >= 0.6 is 31.9 Å². The number of benzene rings is 2. The lowest BCUT2D eigenvalue weighted by Crippen LogP contribution is -2.60. The zero-order valence-corrected chi connectivity index (χ0v) is 19.1. The minimum atomic E-state index is 0.0904. The van der Waals surface area contributed by atoms with Gasteiger partial charge in [0.25, 0.3) is 0 Å². The predicted octanol–water partition coefficient (Wildman–Crippen LogP) is 4.61. The van der Waals surface area contributed by atoms with Gasteiger partial charge in [-0.05, 0) is 61.8 Å². The Morgan fingerprint density at radius 2 is 1.93 bits per heavy atom. The van der Waals surface area contributed by atoms with Crippen molar-refractivity contribution in [3.63, 3.8) is 0 Å². The number of piperidine rings is 1. The third kappa shape index (κ3) is 4.46. The fraction of sp³-hybridized carbons (Fsp3) is 0.455. The van der Waals surface area contributed by atoms with Gasteiger partial charge in [-0.25, -0.2) is 0 Å². The van der Waals surface area contributed by atoms with E-state index in [1.165, 1.54) is 5.56 Å². The Hall–Kier alpha value is -0.920. The molecule has 4 rings (SSSR count). The molecule has 0 aliphatic carbocycles. The number of hydrogen-bond donors (Lipinski definition) is 2. The molecule has 28 heavy (non-hydrogen) atoms. The molecule has 4 atom stereocenters. The zero-order chi connectivity index (χ0) is 19.5. The summed E-state index contributed by atoms with van der Waals surface area (Å²) in [5, 5.41) is 7.26. The Morgan fingerprint density at radius 1 is 1.14 bits per heavy atom. The molecule has 1 fully saturated rings. The maximum atomic E-state index is 6.56. The summed E-state index contributed by atoms with van der Waals surface area (Å²) in [6, 6.07) is 15.3. The van der Waals surface area contributed by atoms with Crippen LogP contribution in [0.25, 0.3) is 0 Å². The van der Waals surface area contributed by atoms with Gasteiger partial charge in [0.2, 0.25) is 0 Å². The first kappa shape index (κ1) is 20.4. The van der Waals surface area contributed by atoms with Crippen LogP contribution in [0.2, 0.25) is 0 Å². The van der Waals surface area contributed by atoms with Crippen LogP contribution in [0, 0.1) is 0 Å². The molecule has 0 aromatic heterocycles. The lowest BCUT2D eigenvalue weighted by atomic mass is 9.79. The van der Waals surface area contributed by atoms with Crippen molar-refractivity contribution in [2.45, 2.75) is 43.6 Å². The third-order valence-electron chi connectivity index (χ3n) is 5.76. The summed E-state index contributed by atoms with van der Waals surface area (Å²) < 4.78 is 14.6. The Labute approximate surface area is 183 Å². The molecule has 2 N–H and O–H groups in total. The highest BCUT2D eigenvalue weighted by Gasteiger charge is 2.40. The van der Waals surface area contributed by atoms with Gasteiger partial charge in [-0.15, -0.1) is 0 Å². The van der Waals surface area contributed by atoms with Crippen LogP contribution in [-0.4, -0.2) is 38.4 Å². The molecular weight excluding hydrogens is 484 g/mol. The molecular formula is C22H26Br2N2O2. The van der Waals surface area contributed by atoms with Gasteiger partial charge in [0.1, 0.15) is 5.75 Å². The van der Waals surface area contributed by atoms with E-state index in [9.17, 15) is 0 Å². The van der Waals surface area contributed by atoms with Gasteiger partial charge in [0, 0.05) is 26.9 Å². The van der Waals surface area contributed by atoms with Crippen molar-refractivity contribution in [1.82, 2.24) is 10.6 Å². The van der Waals surface area contributed by atoms with Crippen molar-refractivity contribution < 1.29 is 9.47 Å². The molecule has 1 saturated heterocycles. The molecule has 2 unspecified atom stereocenters. The van der Waals surface area contributed by atoms with Crippen molar-refractivity contribution in [3.8, 4) is 5.75 Å². The van der Waals surface area contributed by atoms with Crippen LogP contribution in [0.4, 0.5) is 0 Å².